The van der Waals surface area contributed by atoms with E-state index in [0.29, 0.717) is 47.9 Å². The number of carbonyl (C=O) groups excluding carboxylic acids is 2. The van der Waals surface area contributed by atoms with Crippen molar-refractivity contribution in [3.8, 4) is 6.07 Å². The molecular formula is C28H27ClFN5O3. The van der Waals surface area contributed by atoms with Crippen LogP contribution in [-0.4, -0.2) is 36.9 Å². The number of Topliss-reactive ketones (excluding diaryl/α,β-unsaturated/α-hetero) is 1. The van der Waals surface area contributed by atoms with Crippen LogP contribution in [0.1, 0.15) is 68.3 Å². The van der Waals surface area contributed by atoms with E-state index in [1.807, 2.05) is 6.07 Å². The summed E-state index contributed by atoms with van der Waals surface area (Å²) in [5.41, 5.74) is -0.369. The molecule has 6 rings (SSSR count). The quantitative estimate of drug-likeness (QED) is 0.318. The van der Waals surface area contributed by atoms with E-state index in [9.17, 15) is 19.2 Å². The van der Waals surface area contributed by atoms with Crippen LogP contribution in [0.2, 0.25) is 5.02 Å². The van der Waals surface area contributed by atoms with Gasteiger partial charge in [0.05, 0.1) is 28.9 Å². The van der Waals surface area contributed by atoms with Crippen molar-refractivity contribution in [3.63, 3.8) is 0 Å². The Morgan fingerprint density at radius 2 is 2.03 bits per heavy atom. The molecule has 0 amide bonds. The summed E-state index contributed by atoms with van der Waals surface area (Å²) in [7, 11) is 0. The number of ketones is 1. The Bertz CT molecular complexity index is 1450. The molecule has 3 aromatic rings. The Morgan fingerprint density at radius 3 is 2.71 bits per heavy atom. The highest BCUT2D eigenvalue weighted by molar-refractivity contribution is 6.30. The molecule has 2 atom stereocenters. The highest BCUT2D eigenvalue weighted by Crippen LogP contribution is 2.49. The number of carbonyl (C=O) groups is 2. The zero-order valence-electron chi connectivity index (χ0n) is 20.8. The van der Waals surface area contributed by atoms with Gasteiger partial charge in [0, 0.05) is 18.4 Å². The molecule has 10 heteroatoms. The molecule has 1 aromatic carbocycles. The first-order valence-corrected chi connectivity index (χ1v) is 13.5. The van der Waals surface area contributed by atoms with Crippen molar-refractivity contribution in [2.75, 3.05) is 0 Å². The predicted octanol–water partition coefficient (Wildman–Crippen LogP) is 4.71. The van der Waals surface area contributed by atoms with Gasteiger partial charge in [-0.15, -0.1) is 5.10 Å². The number of fused-ring (bicyclic) bond motifs is 1. The molecule has 2 aromatic heterocycles. The molecule has 2 aliphatic carbocycles. The minimum Gasteiger partial charge on any atom is -0.458 e. The first-order chi connectivity index (χ1) is 18.3. The molecule has 196 valence electrons. The number of aryl methyl sites for hydroxylation is 1. The van der Waals surface area contributed by atoms with Gasteiger partial charge in [0.15, 0.2) is 11.6 Å². The number of hydrogen-bond donors (Lipinski definition) is 0. The number of aromatic nitrogens is 4. The number of cyclic esters (lactones) is 1. The smallest absolute Gasteiger partial charge is 0.317 e. The van der Waals surface area contributed by atoms with Crippen LogP contribution in [0.5, 0.6) is 0 Å². The second-order valence-electron chi connectivity index (χ2n) is 10.9. The largest absolute Gasteiger partial charge is 0.458 e. The standard InChI is InChI=1S/C28H27ClFN5O3/c29-19-14-32-26-33-24(34-35(26)15-19)12-20-23(36)13-28(38-25(20)37,18-3-1-2-4-18)8-7-17-5-6-21(22(30)11-17)27(16-31)9-10-27/h5-6,11,14-15,18,20H,1-4,7-10,12-13H2. The Hall–Kier alpha value is -3.38. The molecule has 0 radical (unpaired) electrons. The number of nitriles is 1. The molecule has 38 heavy (non-hydrogen) atoms. The molecule has 2 saturated carbocycles. The fourth-order valence-corrected chi connectivity index (χ4v) is 6.31. The Balaban J connectivity index is 1.20. The van der Waals surface area contributed by atoms with Crippen molar-refractivity contribution in [1.29, 1.82) is 5.26 Å². The fourth-order valence-electron chi connectivity index (χ4n) is 6.17. The fraction of sp³-hybridized carbons (Fsp3) is 0.500. The molecule has 0 bridgehead atoms. The van der Waals surface area contributed by atoms with Gasteiger partial charge in [0.25, 0.3) is 5.78 Å². The summed E-state index contributed by atoms with van der Waals surface area (Å²) in [5.74, 6) is -1.33. The number of rotatable bonds is 7. The summed E-state index contributed by atoms with van der Waals surface area (Å²) in [4.78, 5) is 35.1. The van der Waals surface area contributed by atoms with Gasteiger partial charge in [0.1, 0.15) is 17.3 Å². The van der Waals surface area contributed by atoms with Crippen LogP contribution in [0.15, 0.2) is 30.6 Å². The van der Waals surface area contributed by atoms with Crippen molar-refractivity contribution in [3.05, 3.63) is 58.4 Å². The topological polar surface area (TPSA) is 110 Å². The van der Waals surface area contributed by atoms with Gasteiger partial charge in [-0.2, -0.15) is 10.2 Å². The van der Waals surface area contributed by atoms with Crippen LogP contribution in [0.3, 0.4) is 0 Å². The number of esters is 1. The van der Waals surface area contributed by atoms with E-state index < -0.39 is 22.9 Å². The van der Waals surface area contributed by atoms with Gasteiger partial charge in [-0.3, -0.25) is 9.59 Å². The second kappa shape index (κ2) is 9.42. The third-order valence-corrected chi connectivity index (χ3v) is 8.69. The monoisotopic (exact) mass is 535 g/mol. The van der Waals surface area contributed by atoms with E-state index in [-0.39, 0.29) is 30.4 Å². The highest BCUT2D eigenvalue weighted by Gasteiger charge is 2.52. The number of benzene rings is 1. The molecule has 1 saturated heterocycles. The van der Waals surface area contributed by atoms with Crippen molar-refractivity contribution < 1.29 is 18.7 Å². The van der Waals surface area contributed by atoms with Crippen LogP contribution in [0, 0.1) is 29.0 Å². The zero-order valence-corrected chi connectivity index (χ0v) is 21.6. The van der Waals surface area contributed by atoms with Crippen molar-refractivity contribution in [2.45, 2.75) is 75.2 Å². The number of halogens is 2. The summed E-state index contributed by atoms with van der Waals surface area (Å²) in [5, 5.41) is 14.1. The maximum atomic E-state index is 14.9. The highest BCUT2D eigenvalue weighted by atomic mass is 35.5. The number of hydrogen-bond acceptors (Lipinski definition) is 7. The van der Waals surface area contributed by atoms with E-state index in [4.69, 9.17) is 16.3 Å². The van der Waals surface area contributed by atoms with E-state index in [0.717, 1.165) is 31.2 Å². The van der Waals surface area contributed by atoms with Crippen molar-refractivity contribution in [1.82, 2.24) is 19.6 Å². The molecule has 8 nitrogen and oxygen atoms in total. The van der Waals surface area contributed by atoms with Gasteiger partial charge in [-0.05, 0) is 56.1 Å². The van der Waals surface area contributed by atoms with Gasteiger partial charge < -0.3 is 4.74 Å². The predicted molar refractivity (Wildman–Crippen MR) is 135 cm³/mol. The van der Waals surface area contributed by atoms with Gasteiger partial charge in [-0.1, -0.05) is 36.6 Å². The summed E-state index contributed by atoms with van der Waals surface area (Å²) in [6.07, 6.45) is 9.30. The van der Waals surface area contributed by atoms with Crippen LogP contribution in [0.4, 0.5) is 4.39 Å². The maximum Gasteiger partial charge on any atom is 0.317 e. The first kappa shape index (κ1) is 24.9. The van der Waals surface area contributed by atoms with Crippen LogP contribution < -0.4 is 0 Å². The minimum atomic E-state index is -0.977. The average molecular weight is 536 g/mol. The Kier molecular flexibility index (Phi) is 6.18. The van der Waals surface area contributed by atoms with Crippen LogP contribution in [0.25, 0.3) is 5.78 Å². The second-order valence-corrected chi connectivity index (χ2v) is 11.4. The molecule has 0 spiro atoms. The third kappa shape index (κ3) is 4.45. The zero-order chi connectivity index (χ0) is 26.5. The summed E-state index contributed by atoms with van der Waals surface area (Å²) >= 11 is 5.97. The molecular weight excluding hydrogens is 509 g/mol. The lowest BCUT2D eigenvalue weighted by Crippen LogP contribution is -2.52. The van der Waals surface area contributed by atoms with Gasteiger partial charge in [-0.25, -0.2) is 13.9 Å². The minimum absolute atomic E-state index is 0.0344. The summed E-state index contributed by atoms with van der Waals surface area (Å²) in [6.45, 7) is 0. The number of nitrogens with zero attached hydrogens (tertiary/aromatic N) is 5. The first-order valence-electron chi connectivity index (χ1n) is 13.1. The average Bonchev–Trinajstić information content (AvgIpc) is 3.28. The lowest BCUT2D eigenvalue weighted by atomic mass is 9.73. The van der Waals surface area contributed by atoms with Crippen LogP contribution >= 0.6 is 11.6 Å². The lowest BCUT2D eigenvalue weighted by Gasteiger charge is -2.43. The van der Waals surface area contributed by atoms with Crippen LogP contribution in [-0.2, 0) is 32.6 Å². The van der Waals surface area contributed by atoms with E-state index in [1.54, 1.807) is 12.3 Å². The molecule has 0 N–H and O–H groups in total. The maximum absolute atomic E-state index is 14.9. The van der Waals surface area contributed by atoms with E-state index in [1.165, 1.54) is 16.8 Å². The summed E-state index contributed by atoms with van der Waals surface area (Å²) < 4.78 is 22.5. The third-order valence-electron chi connectivity index (χ3n) is 8.49. The Labute approximate surface area is 224 Å². The van der Waals surface area contributed by atoms with Gasteiger partial charge in [0.2, 0.25) is 0 Å². The normalized spacial score (nSPS) is 24.9. The van der Waals surface area contributed by atoms with Crippen molar-refractivity contribution >= 4 is 29.1 Å². The van der Waals surface area contributed by atoms with Gasteiger partial charge >= 0.3 is 5.97 Å². The summed E-state index contributed by atoms with van der Waals surface area (Å²) in [6, 6.07) is 7.29. The SMILES string of the molecule is N#CC1(c2ccc(CCC3(C4CCCC4)CC(=O)C(Cc4nc5ncc(Cl)cn5n4)C(=O)O3)cc2F)CC1. The lowest BCUT2D eigenvalue weighted by molar-refractivity contribution is -0.185. The molecule has 3 aliphatic rings. The molecule has 2 unspecified atom stereocenters. The Morgan fingerprint density at radius 1 is 1.24 bits per heavy atom. The van der Waals surface area contributed by atoms with E-state index >= 15 is 0 Å². The molecule has 1 aliphatic heterocycles. The van der Waals surface area contributed by atoms with E-state index in [2.05, 4.69) is 21.1 Å². The van der Waals surface area contributed by atoms with Crippen molar-refractivity contribution in [2.24, 2.45) is 11.8 Å². The number of ether oxygens (including phenoxy) is 1. The molecule has 3 fully saturated rings. The molecule has 3 heterocycles.